The molecule has 1 amide bonds. The molecule has 1 atom stereocenters. The SMILES string of the molecule is NNC(=O)c1ccc(CCCNCC(O)c2ccccc2)cc1. The van der Waals surface area contributed by atoms with Crippen LogP contribution in [0.4, 0.5) is 0 Å². The van der Waals surface area contributed by atoms with E-state index in [1.54, 1.807) is 12.1 Å². The number of nitrogens with two attached hydrogens (primary N) is 1. The lowest BCUT2D eigenvalue weighted by Gasteiger charge is -2.12. The van der Waals surface area contributed by atoms with Crippen LogP contribution in [0.25, 0.3) is 0 Å². The van der Waals surface area contributed by atoms with E-state index in [0.717, 1.165) is 24.9 Å². The third kappa shape index (κ3) is 5.49. The number of aryl methyl sites for hydroxylation is 1. The van der Waals surface area contributed by atoms with Gasteiger partial charge in [0.15, 0.2) is 0 Å². The van der Waals surface area contributed by atoms with E-state index >= 15 is 0 Å². The summed E-state index contributed by atoms with van der Waals surface area (Å²) in [7, 11) is 0. The van der Waals surface area contributed by atoms with Gasteiger partial charge in [-0.05, 0) is 42.6 Å². The number of aliphatic hydroxyl groups excluding tert-OH is 1. The molecule has 0 aromatic heterocycles. The van der Waals surface area contributed by atoms with Gasteiger partial charge in [0.1, 0.15) is 0 Å². The molecule has 0 bridgehead atoms. The topological polar surface area (TPSA) is 87.4 Å². The van der Waals surface area contributed by atoms with Gasteiger partial charge in [-0.3, -0.25) is 10.2 Å². The smallest absolute Gasteiger partial charge is 0.265 e. The predicted molar refractivity (Wildman–Crippen MR) is 90.7 cm³/mol. The molecule has 0 spiro atoms. The van der Waals surface area contributed by atoms with E-state index in [9.17, 15) is 9.90 Å². The zero-order chi connectivity index (χ0) is 16.5. The second kappa shape index (κ2) is 9.05. The van der Waals surface area contributed by atoms with E-state index in [1.165, 1.54) is 5.56 Å². The van der Waals surface area contributed by atoms with Crippen LogP contribution in [0.15, 0.2) is 54.6 Å². The number of hydrogen-bond donors (Lipinski definition) is 4. The lowest BCUT2D eigenvalue weighted by atomic mass is 10.1. The Balaban J connectivity index is 1.66. The summed E-state index contributed by atoms with van der Waals surface area (Å²) in [6.45, 7) is 1.37. The Morgan fingerprint density at radius 1 is 1.09 bits per heavy atom. The number of nitrogen functional groups attached to an aromatic ring is 1. The van der Waals surface area contributed by atoms with Gasteiger partial charge in [-0.1, -0.05) is 42.5 Å². The Kier molecular flexibility index (Phi) is 6.75. The first-order valence-corrected chi connectivity index (χ1v) is 7.74. The first-order valence-electron chi connectivity index (χ1n) is 7.74. The summed E-state index contributed by atoms with van der Waals surface area (Å²) >= 11 is 0. The van der Waals surface area contributed by atoms with Crippen molar-refractivity contribution in [2.75, 3.05) is 13.1 Å². The quantitative estimate of drug-likeness (QED) is 0.258. The highest BCUT2D eigenvalue weighted by atomic mass is 16.3. The van der Waals surface area contributed by atoms with E-state index in [2.05, 4.69) is 10.7 Å². The summed E-state index contributed by atoms with van der Waals surface area (Å²) in [6, 6.07) is 17.0. The van der Waals surface area contributed by atoms with Crippen molar-refractivity contribution >= 4 is 5.91 Å². The fraction of sp³-hybridized carbons (Fsp3) is 0.278. The standard InChI is InChI=1S/C18H23N3O2/c19-21-18(23)16-10-8-14(9-11-16)5-4-12-20-13-17(22)15-6-2-1-3-7-15/h1-3,6-11,17,20,22H,4-5,12-13,19H2,(H,21,23). The average Bonchev–Trinajstić information content (AvgIpc) is 2.62. The van der Waals surface area contributed by atoms with E-state index in [0.29, 0.717) is 12.1 Å². The molecule has 5 N–H and O–H groups in total. The molecule has 0 heterocycles. The molecular formula is C18H23N3O2. The maximum atomic E-state index is 11.3. The molecule has 5 heteroatoms. The predicted octanol–water partition coefficient (Wildman–Crippen LogP) is 1.55. The highest BCUT2D eigenvalue weighted by molar-refractivity contribution is 5.93. The first-order chi connectivity index (χ1) is 11.2. The molecule has 1 unspecified atom stereocenters. The second-order valence-corrected chi connectivity index (χ2v) is 5.40. The van der Waals surface area contributed by atoms with E-state index in [-0.39, 0.29) is 5.91 Å². The van der Waals surface area contributed by atoms with Crippen molar-refractivity contribution in [3.8, 4) is 0 Å². The molecule has 122 valence electrons. The average molecular weight is 313 g/mol. The number of carbonyl (C=O) groups is 1. The maximum Gasteiger partial charge on any atom is 0.265 e. The third-order valence-electron chi connectivity index (χ3n) is 3.69. The minimum Gasteiger partial charge on any atom is -0.387 e. The normalized spacial score (nSPS) is 11.9. The van der Waals surface area contributed by atoms with Crippen molar-refractivity contribution in [1.29, 1.82) is 0 Å². The van der Waals surface area contributed by atoms with Gasteiger partial charge >= 0.3 is 0 Å². The first kappa shape index (κ1) is 17.1. The van der Waals surface area contributed by atoms with Crippen LogP contribution in [0.5, 0.6) is 0 Å². The van der Waals surface area contributed by atoms with Crippen LogP contribution in [0.3, 0.4) is 0 Å². The number of amides is 1. The molecule has 0 aliphatic heterocycles. The van der Waals surface area contributed by atoms with Crippen LogP contribution in [0, 0.1) is 0 Å². The van der Waals surface area contributed by atoms with Crippen molar-refractivity contribution < 1.29 is 9.90 Å². The summed E-state index contributed by atoms with van der Waals surface area (Å²) < 4.78 is 0. The van der Waals surface area contributed by atoms with Gasteiger partial charge in [0.25, 0.3) is 5.91 Å². The molecule has 5 nitrogen and oxygen atoms in total. The van der Waals surface area contributed by atoms with Gasteiger partial charge in [0, 0.05) is 12.1 Å². The van der Waals surface area contributed by atoms with Crippen molar-refractivity contribution in [1.82, 2.24) is 10.7 Å². The van der Waals surface area contributed by atoms with Gasteiger partial charge in [0.2, 0.25) is 0 Å². The van der Waals surface area contributed by atoms with Gasteiger partial charge in [-0.2, -0.15) is 0 Å². The minimum atomic E-state index is -0.481. The molecular weight excluding hydrogens is 290 g/mol. The molecule has 0 saturated carbocycles. The van der Waals surface area contributed by atoms with E-state index < -0.39 is 6.10 Å². The zero-order valence-corrected chi connectivity index (χ0v) is 13.0. The Hall–Kier alpha value is -2.21. The summed E-state index contributed by atoms with van der Waals surface area (Å²) in [4.78, 5) is 11.3. The van der Waals surface area contributed by atoms with Crippen LogP contribution in [-0.4, -0.2) is 24.1 Å². The van der Waals surface area contributed by atoms with Crippen molar-refractivity contribution in [3.05, 3.63) is 71.3 Å². The van der Waals surface area contributed by atoms with Gasteiger partial charge in [0.05, 0.1) is 6.10 Å². The van der Waals surface area contributed by atoms with Crippen molar-refractivity contribution in [2.24, 2.45) is 5.84 Å². The van der Waals surface area contributed by atoms with E-state index in [1.807, 2.05) is 42.5 Å². The summed E-state index contributed by atoms with van der Waals surface area (Å²) in [5.41, 5.74) is 4.76. The maximum absolute atomic E-state index is 11.3. The van der Waals surface area contributed by atoms with Crippen LogP contribution >= 0.6 is 0 Å². The van der Waals surface area contributed by atoms with Gasteiger partial charge in [-0.15, -0.1) is 0 Å². The van der Waals surface area contributed by atoms with Crippen molar-refractivity contribution in [2.45, 2.75) is 18.9 Å². The third-order valence-corrected chi connectivity index (χ3v) is 3.69. The fourth-order valence-corrected chi connectivity index (χ4v) is 2.36. The highest BCUT2D eigenvalue weighted by Crippen LogP contribution is 2.10. The molecule has 0 aliphatic rings. The number of aliphatic hydroxyl groups is 1. The number of rotatable bonds is 8. The number of hydrogen-bond acceptors (Lipinski definition) is 4. The summed E-state index contributed by atoms with van der Waals surface area (Å²) in [5.74, 6) is 4.81. The van der Waals surface area contributed by atoms with Crippen LogP contribution in [0.2, 0.25) is 0 Å². The number of benzene rings is 2. The van der Waals surface area contributed by atoms with Crippen LogP contribution < -0.4 is 16.6 Å². The second-order valence-electron chi connectivity index (χ2n) is 5.40. The lowest BCUT2D eigenvalue weighted by molar-refractivity contribution is 0.0953. The minimum absolute atomic E-state index is 0.284. The fourth-order valence-electron chi connectivity index (χ4n) is 2.36. The van der Waals surface area contributed by atoms with Gasteiger partial charge < -0.3 is 10.4 Å². The number of hydrazine groups is 1. The van der Waals surface area contributed by atoms with Crippen LogP contribution in [0.1, 0.15) is 34.0 Å². The molecule has 0 fully saturated rings. The zero-order valence-electron chi connectivity index (χ0n) is 13.0. The highest BCUT2D eigenvalue weighted by Gasteiger charge is 2.06. The molecule has 0 radical (unpaired) electrons. The Labute approximate surface area is 136 Å². The molecule has 0 aliphatic carbocycles. The monoisotopic (exact) mass is 313 g/mol. The largest absolute Gasteiger partial charge is 0.387 e. The summed E-state index contributed by atoms with van der Waals surface area (Å²) in [6.07, 6.45) is 1.40. The molecule has 2 rings (SSSR count). The number of carbonyl (C=O) groups excluding carboxylic acids is 1. The molecule has 2 aromatic carbocycles. The van der Waals surface area contributed by atoms with Gasteiger partial charge in [-0.25, -0.2) is 5.84 Å². The molecule has 0 saturated heterocycles. The summed E-state index contributed by atoms with van der Waals surface area (Å²) in [5, 5.41) is 13.3. The lowest BCUT2D eigenvalue weighted by Crippen LogP contribution is -2.29. The number of nitrogens with one attached hydrogen (secondary N) is 2. The van der Waals surface area contributed by atoms with E-state index in [4.69, 9.17) is 5.84 Å². The van der Waals surface area contributed by atoms with Crippen molar-refractivity contribution in [3.63, 3.8) is 0 Å². The Bertz CT molecular complexity index is 599. The Morgan fingerprint density at radius 2 is 1.78 bits per heavy atom. The Morgan fingerprint density at radius 3 is 2.43 bits per heavy atom. The molecule has 2 aromatic rings. The van der Waals surface area contributed by atoms with Crippen LogP contribution in [-0.2, 0) is 6.42 Å². The molecule has 23 heavy (non-hydrogen) atoms.